The zero-order chi connectivity index (χ0) is 13.3. The van der Waals surface area contributed by atoms with E-state index in [1.807, 2.05) is 26.8 Å². The van der Waals surface area contributed by atoms with Gasteiger partial charge in [0.2, 0.25) is 0 Å². The molecule has 1 fully saturated rings. The van der Waals surface area contributed by atoms with Crippen molar-refractivity contribution in [2.75, 3.05) is 18.0 Å². The van der Waals surface area contributed by atoms with Gasteiger partial charge in [-0.05, 0) is 26.8 Å². The van der Waals surface area contributed by atoms with Crippen molar-refractivity contribution in [2.24, 2.45) is 0 Å². The quantitative estimate of drug-likeness (QED) is 0.865. The molecule has 0 radical (unpaired) electrons. The van der Waals surface area contributed by atoms with Crippen molar-refractivity contribution in [1.82, 2.24) is 4.98 Å². The van der Waals surface area contributed by atoms with Crippen LogP contribution in [0.25, 0.3) is 0 Å². The molecule has 0 saturated carbocycles. The van der Waals surface area contributed by atoms with Crippen LogP contribution < -0.4 is 4.90 Å². The molecule has 1 N–H and O–H groups in total. The van der Waals surface area contributed by atoms with Crippen LogP contribution in [-0.4, -0.2) is 41.4 Å². The van der Waals surface area contributed by atoms with Gasteiger partial charge in [0.15, 0.2) is 0 Å². The molecule has 98 valence electrons. The van der Waals surface area contributed by atoms with Gasteiger partial charge in [-0.15, -0.1) is 0 Å². The molecule has 0 bridgehead atoms. The molecule has 5 heteroatoms. The molecule has 1 aliphatic rings. The maximum absolute atomic E-state index is 11.2. The summed E-state index contributed by atoms with van der Waals surface area (Å²) in [5.41, 5.74) is 1.81. The van der Waals surface area contributed by atoms with Crippen LogP contribution in [0.2, 0.25) is 0 Å². The summed E-state index contributed by atoms with van der Waals surface area (Å²) < 4.78 is 5.66. The Morgan fingerprint density at radius 2 is 2.06 bits per heavy atom. The number of hydrogen-bond acceptors (Lipinski definition) is 4. The summed E-state index contributed by atoms with van der Waals surface area (Å²) in [7, 11) is 0. The number of nitrogens with zero attached hydrogens (tertiary/aromatic N) is 2. The molecule has 0 spiro atoms. The highest BCUT2D eigenvalue weighted by Crippen LogP contribution is 2.24. The number of aromatic nitrogens is 1. The van der Waals surface area contributed by atoms with Gasteiger partial charge in [0.1, 0.15) is 5.56 Å². The average molecular weight is 250 g/mol. The number of anilines is 1. The van der Waals surface area contributed by atoms with E-state index in [0.29, 0.717) is 13.1 Å². The largest absolute Gasteiger partial charge is 0.478 e. The Morgan fingerprint density at radius 1 is 1.44 bits per heavy atom. The predicted octanol–water partition coefficient (Wildman–Crippen LogP) is 1.70. The fourth-order valence-electron chi connectivity index (χ4n) is 2.35. The smallest absolute Gasteiger partial charge is 0.339 e. The summed E-state index contributed by atoms with van der Waals surface area (Å²) >= 11 is 0. The molecule has 2 atom stereocenters. The van der Waals surface area contributed by atoms with E-state index in [0.717, 1.165) is 11.4 Å². The van der Waals surface area contributed by atoms with Crippen LogP contribution in [0, 0.1) is 6.92 Å². The highest BCUT2D eigenvalue weighted by Gasteiger charge is 2.25. The second kappa shape index (κ2) is 4.94. The van der Waals surface area contributed by atoms with Crippen LogP contribution in [0.4, 0.5) is 5.69 Å². The van der Waals surface area contributed by atoms with Crippen LogP contribution in [-0.2, 0) is 4.74 Å². The summed E-state index contributed by atoms with van der Waals surface area (Å²) in [5.74, 6) is -0.940. The second-order valence-corrected chi connectivity index (χ2v) is 4.81. The van der Waals surface area contributed by atoms with Gasteiger partial charge in [-0.3, -0.25) is 4.98 Å². The first-order chi connectivity index (χ1) is 8.47. The average Bonchev–Trinajstić information content (AvgIpc) is 2.27. The van der Waals surface area contributed by atoms with Crippen molar-refractivity contribution in [3.8, 4) is 0 Å². The molecule has 1 aromatic heterocycles. The Hall–Kier alpha value is -1.62. The van der Waals surface area contributed by atoms with E-state index in [-0.39, 0.29) is 17.8 Å². The number of morpholine rings is 1. The van der Waals surface area contributed by atoms with Crippen LogP contribution in [0.3, 0.4) is 0 Å². The van der Waals surface area contributed by atoms with E-state index in [1.165, 1.54) is 6.20 Å². The molecule has 0 aliphatic carbocycles. The number of rotatable bonds is 2. The van der Waals surface area contributed by atoms with Crippen molar-refractivity contribution in [3.05, 3.63) is 23.5 Å². The molecule has 5 nitrogen and oxygen atoms in total. The van der Waals surface area contributed by atoms with Crippen molar-refractivity contribution in [3.63, 3.8) is 0 Å². The molecule has 0 aromatic carbocycles. The van der Waals surface area contributed by atoms with Crippen LogP contribution in [0.15, 0.2) is 12.3 Å². The molecule has 18 heavy (non-hydrogen) atoms. The first kappa shape index (κ1) is 12.8. The monoisotopic (exact) mass is 250 g/mol. The predicted molar refractivity (Wildman–Crippen MR) is 68.2 cm³/mol. The van der Waals surface area contributed by atoms with E-state index in [9.17, 15) is 9.90 Å². The minimum absolute atomic E-state index is 0.101. The highest BCUT2D eigenvalue weighted by molar-refractivity contribution is 5.94. The van der Waals surface area contributed by atoms with E-state index < -0.39 is 5.97 Å². The summed E-state index contributed by atoms with van der Waals surface area (Å²) in [6, 6.07) is 1.83. The Bertz CT molecular complexity index is 452. The normalized spacial score (nSPS) is 24.1. The third-order valence-electron chi connectivity index (χ3n) is 3.01. The Kier molecular flexibility index (Phi) is 3.52. The van der Waals surface area contributed by atoms with Gasteiger partial charge in [0, 0.05) is 25.0 Å². The molecule has 2 heterocycles. The highest BCUT2D eigenvalue weighted by atomic mass is 16.5. The lowest BCUT2D eigenvalue weighted by molar-refractivity contribution is -0.00532. The van der Waals surface area contributed by atoms with Crippen LogP contribution in [0.1, 0.15) is 29.9 Å². The maximum Gasteiger partial charge on any atom is 0.339 e. The molecule has 0 amide bonds. The molecule has 1 aromatic rings. The Labute approximate surface area is 106 Å². The van der Waals surface area contributed by atoms with Gasteiger partial charge in [-0.25, -0.2) is 4.79 Å². The van der Waals surface area contributed by atoms with E-state index in [2.05, 4.69) is 9.88 Å². The summed E-state index contributed by atoms with van der Waals surface area (Å²) in [6.45, 7) is 7.26. The van der Waals surface area contributed by atoms with Gasteiger partial charge in [-0.1, -0.05) is 0 Å². The molecule has 1 saturated heterocycles. The lowest BCUT2D eigenvalue weighted by Gasteiger charge is -2.37. The number of aromatic carboxylic acids is 1. The molecule has 2 rings (SSSR count). The van der Waals surface area contributed by atoms with Gasteiger partial charge in [0.25, 0.3) is 0 Å². The van der Waals surface area contributed by atoms with Crippen molar-refractivity contribution in [1.29, 1.82) is 0 Å². The lowest BCUT2D eigenvalue weighted by Crippen LogP contribution is -2.46. The van der Waals surface area contributed by atoms with Gasteiger partial charge >= 0.3 is 5.97 Å². The van der Waals surface area contributed by atoms with E-state index >= 15 is 0 Å². The lowest BCUT2D eigenvalue weighted by atomic mass is 10.1. The number of ether oxygens (including phenoxy) is 1. The minimum Gasteiger partial charge on any atom is -0.478 e. The molecule has 0 unspecified atom stereocenters. The third kappa shape index (κ3) is 2.61. The number of aryl methyl sites for hydroxylation is 1. The standard InChI is InChI=1S/C13H18N2O3/c1-8-4-12(11(5-14-8)13(16)17)15-6-9(2)18-10(3)7-15/h4-5,9-10H,6-7H2,1-3H3,(H,16,17)/t9-,10+. The summed E-state index contributed by atoms with van der Waals surface area (Å²) in [5, 5.41) is 9.22. The van der Waals surface area contributed by atoms with Crippen LogP contribution >= 0.6 is 0 Å². The SMILES string of the molecule is Cc1cc(N2C[C@@H](C)O[C@@H](C)C2)c(C(=O)O)cn1. The van der Waals surface area contributed by atoms with Crippen molar-refractivity contribution in [2.45, 2.75) is 33.0 Å². The van der Waals surface area contributed by atoms with E-state index in [4.69, 9.17) is 4.74 Å². The number of carboxylic acids is 1. The molecular formula is C13H18N2O3. The fraction of sp³-hybridized carbons (Fsp3) is 0.538. The van der Waals surface area contributed by atoms with Crippen LogP contribution in [0.5, 0.6) is 0 Å². The zero-order valence-corrected chi connectivity index (χ0v) is 10.9. The Morgan fingerprint density at radius 3 is 2.61 bits per heavy atom. The van der Waals surface area contributed by atoms with Crippen molar-refractivity contribution >= 4 is 11.7 Å². The third-order valence-corrected chi connectivity index (χ3v) is 3.01. The summed E-state index contributed by atoms with van der Waals surface area (Å²) in [4.78, 5) is 17.4. The van der Waals surface area contributed by atoms with E-state index in [1.54, 1.807) is 0 Å². The topological polar surface area (TPSA) is 62.7 Å². The number of carbonyl (C=O) groups is 1. The summed E-state index contributed by atoms with van der Waals surface area (Å²) in [6.07, 6.45) is 1.63. The Balaban J connectivity index is 2.36. The maximum atomic E-state index is 11.2. The fourth-order valence-corrected chi connectivity index (χ4v) is 2.35. The van der Waals surface area contributed by atoms with Gasteiger partial charge < -0.3 is 14.7 Å². The first-order valence-electron chi connectivity index (χ1n) is 6.07. The minimum atomic E-state index is -0.940. The first-order valence-corrected chi connectivity index (χ1v) is 6.07. The number of pyridine rings is 1. The van der Waals surface area contributed by atoms with Crippen molar-refractivity contribution < 1.29 is 14.6 Å². The molecular weight excluding hydrogens is 232 g/mol. The van der Waals surface area contributed by atoms with Gasteiger partial charge in [-0.2, -0.15) is 0 Å². The zero-order valence-electron chi connectivity index (χ0n) is 10.9. The number of carboxylic acid groups (broad SMARTS) is 1. The molecule has 1 aliphatic heterocycles. The number of hydrogen-bond donors (Lipinski definition) is 1. The van der Waals surface area contributed by atoms with Gasteiger partial charge in [0.05, 0.1) is 17.9 Å². The second-order valence-electron chi connectivity index (χ2n) is 4.81.